The van der Waals surface area contributed by atoms with Gasteiger partial charge < -0.3 is 20.7 Å². The van der Waals surface area contributed by atoms with Crippen LogP contribution in [0.5, 0.6) is 5.75 Å². The molecule has 1 aromatic heterocycles. The van der Waals surface area contributed by atoms with Crippen LogP contribution in [-0.4, -0.2) is 53.1 Å². The molecule has 11 heteroatoms. The summed E-state index contributed by atoms with van der Waals surface area (Å²) < 4.78 is 44.4. The maximum absolute atomic E-state index is 13.0. The molecule has 0 aliphatic carbocycles. The number of nitrogens with one attached hydrogen (secondary N) is 1. The Balaban J connectivity index is 1.41. The molecule has 2 heterocycles. The summed E-state index contributed by atoms with van der Waals surface area (Å²) in [5.74, 6) is 1.39. The second-order valence-electron chi connectivity index (χ2n) is 7.57. The average molecular weight is 459 g/mol. The lowest BCUT2D eigenvalue weighted by Crippen LogP contribution is -2.46. The van der Waals surface area contributed by atoms with Gasteiger partial charge in [0, 0.05) is 31.9 Å². The number of nitrogen functional groups attached to an aromatic ring is 1. The van der Waals surface area contributed by atoms with Crippen molar-refractivity contribution in [1.82, 2.24) is 19.9 Å². The molecule has 8 nitrogen and oxygen atoms in total. The minimum Gasteiger partial charge on any atom is -0.495 e. The van der Waals surface area contributed by atoms with Crippen molar-refractivity contribution in [3.63, 3.8) is 0 Å². The summed E-state index contributed by atoms with van der Waals surface area (Å²) >= 11 is 0. The van der Waals surface area contributed by atoms with Crippen molar-refractivity contribution < 1.29 is 17.9 Å². The van der Waals surface area contributed by atoms with E-state index in [-0.39, 0.29) is 17.6 Å². The normalized spacial score (nSPS) is 14.8. The van der Waals surface area contributed by atoms with Gasteiger partial charge in [0.2, 0.25) is 11.9 Å². The maximum Gasteiger partial charge on any atom is 0.416 e. The van der Waals surface area contributed by atoms with Gasteiger partial charge in [0.15, 0.2) is 0 Å². The van der Waals surface area contributed by atoms with Gasteiger partial charge >= 0.3 is 6.18 Å². The number of hydrogen-bond donors (Lipinski definition) is 2. The molecular weight excluding hydrogens is 435 g/mol. The number of alkyl halides is 3. The van der Waals surface area contributed by atoms with E-state index in [9.17, 15) is 13.2 Å². The average Bonchev–Trinajstić information content (AvgIpc) is 2.79. The fourth-order valence-electron chi connectivity index (χ4n) is 3.70. The van der Waals surface area contributed by atoms with Crippen LogP contribution in [0.2, 0.25) is 0 Å². The number of nitrogens with zero attached hydrogens (tertiary/aromatic N) is 5. The van der Waals surface area contributed by atoms with Crippen LogP contribution in [0.15, 0.2) is 48.5 Å². The number of methoxy groups -OCH3 is 1. The number of halogens is 3. The predicted octanol–water partition coefficient (Wildman–Crippen LogP) is 3.55. The van der Waals surface area contributed by atoms with Crippen molar-refractivity contribution in [2.75, 3.05) is 49.2 Å². The molecule has 0 bridgehead atoms. The van der Waals surface area contributed by atoms with Gasteiger partial charge in [-0.25, -0.2) is 0 Å². The summed E-state index contributed by atoms with van der Waals surface area (Å²) in [6.07, 6.45) is -4.44. The van der Waals surface area contributed by atoms with Crippen LogP contribution in [0.3, 0.4) is 0 Å². The van der Waals surface area contributed by atoms with Crippen LogP contribution >= 0.6 is 0 Å². The number of piperazine rings is 1. The van der Waals surface area contributed by atoms with Gasteiger partial charge in [-0.15, -0.1) is 0 Å². The molecule has 0 spiro atoms. The van der Waals surface area contributed by atoms with E-state index in [1.165, 1.54) is 12.1 Å². The van der Waals surface area contributed by atoms with Crippen LogP contribution < -0.4 is 20.7 Å². The van der Waals surface area contributed by atoms with E-state index in [1.54, 1.807) is 7.11 Å². The number of anilines is 4. The summed E-state index contributed by atoms with van der Waals surface area (Å²) in [5.41, 5.74) is 6.33. The summed E-state index contributed by atoms with van der Waals surface area (Å²) in [7, 11) is 1.66. The molecule has 0 atom stereocenters. The SMILES string of the molecule is COc1ccccc1N1CCN(Cc2nc(N)nc(Nc3cccc(C(F)(F)F)c3)n2)CC1. The smallest absolute Gasteiger partial charge is 0.416 e. The Kier molecular flexibility index (Phi) is 6.50. The van der Waals surface area contributed by atoms with E-state index < -0.39 is 11.7 Å². The maximum atomic E-state index is 13.0. The summed E-state index contributed by atoms with van der Waals surface area (Å²) in [4.78, 5) is 17.0. The van der Waals surface area contributed by atoms with E-state index in [4.69, 9.17) is 10.5 Å². The molecule has 1 saturated heterocycles. The Morgan fingerprint density at radius 3 is 2.48 bits per heavy atom. The lowest BCUT2D eigenvalue weighted by atomic mass is 10.2. The van der Waals surface area contributed by atoms with E-state index in [0.29, 0.717) is 12.4 Å². The molecule has 3 aromatic rings. The molecule has 4 rings (SSSR count). The van der Waals surface area contributed by atoms with E-state index in [2.05, 4.69) is 30.1 Å². The number of para-hydroxylation sites is 2. The van der Waals surface area contributed by atoms with Crippen LogP contribution in [0.1, 0.15) is 11.4 Å². The highest BCUT2D eigenvalue weighted by molar-refractivity contribution is 5.58. The van der Waals surface area contributed by atoms with Crippen molar-refractivity contribution in [3.05, 3.63) is 59.9 Å². The fourth-order valence-corrected chi connectivity index (χ4v) is 3.70. The first kappa shape index (κ1) is 22.6. The number of rotatable bonds is 6. The second kappa shape index (κ2) is 9.49. The number of benzene rings is 2. The van der Waals surface area contributed by atoms with Crippen LogP contribution in [0.4, 0.5) is 36.4 Å². The zero-order valence-electron chi connectivity index (χ0n) is 18.0. The Labute approximate surface area is 189 Å². The minimum absolute atomic E-state index is 0.00198. The molecule has 2 aromatic carbocycles. The standard InChI is InChI=1S/C22H24F3N7O/c1-33-18-8-3-2-7-17(18)32-11-9-31(10-12-32)14-19-28-20(26)30-21(29-19)27-16-6-4-5-15(13-16)22(23,24)25/h2-8,13H,9-12,14H2,1H3,(H3,26,27,28,29,30). The Morgan fingerprint density at radius 2 is 1.76 bits per heavy atom. The fraction of sp³-hybridized carbons (Fsp3) is 0.318. The molecular formula is C22H24F3N7O. The first-order valence-electron chi connectivity index (χ1n) is 10.4. The van der Waals surface area contributed by atoms with Crippen molar-refractivity contribution in [3.8, 4) is 5.75 Å². The predicted molar refractivity (Wildman–Crippen MR) is 119 cm³/mol. The van der Waals surface area contributed by atoms with Gasteiger partial charge in [-0.3, -0.25) is 4.90 Å². The van der Waals surface area contributed by atoms with E-state index in [0.717, 1.165) is 49.7 Å². The Hall–Kier alpha value is -3.60. The highest BCUT2D eigenvalue weighted by atomic mass is 19.4. The molecule has 0 amide bonds. The third kappa shape index (κ3) is 5.61. The van der Waals surface area contributed by atoms with Crippen molar-refractivity contribution in [2.45, 2.75) is 12.7 Å². The monoisotopic (exact) mass is 459 g/mol. The van der Waals surface area contributed by atoms with Crippen LogP contribution in [-0.2, 0) is 12.7 Å². The highest BCUT2D eigenvalue weighted by Gasteiger charge is 2.30. The molecule has 0 radical (unpaired) electrons. The molecule has 1 aliphatic rings. The van der Waals surface area contributed by atoms with Crippen molar-refractivity contribution in [2.24, 2.45) is 0 Å². The highest BCUT2D eigenvalue weighted by Crippen LogP contribution is 2.31. The van der Waals surface area contributed by atoms with E-state index >= 15 is 0 Å². The summed E-state index contributed by atoms with van der Waals surface area (Å²) in [6, 6.07) is 12.7. The van der Waals surface area contributed by atoms with Gasteiger partial charge in [-0.2, -0.15) is 28.1 Å². The zero-order chi connectivity index (χ0) is 23.4. The molecule has 174 valence electrons. The van der Waals surface area contributed by atoms with Gasteiger partial charge in [0.05, 0.1) is 24.9 Å². The van der Waals surface area contributed by atoms with Gasteiger partial charge in [0.25, 0.3) is 0 Å². The van der Waals surface area contributed by atoms with Gasteiger partial charge in [-0.1, -0.05) is 18.2 Å². The third-order valence-corrected chi connectivity index (χ3v) is 5.31. The first-order chi connectivity index (χ1) is 15.8. The molecule has 33 heavy (non-hydrogen) atoms. The van der Waals surface area contributed by atoms with E-state index in [1.807, 2.05) is 24.3 Å². The molecule has 0 unspecified atom stereocenters. The van der Waals surface area contributed by atoms with Crippen LogP contribution in [0, 0.1) is 0 Å². The minimum atomic E-state index is -4.44. The van der Waals surface area contributed by atoms with Crippen molar-refractivity contribution in [1.29, 1.82) is 0 Å². The first-order valence-corrected chi connectivity index (χ1v) is 10.4. The number of aromatic nitrogens is 3. The topological polar surface area (TPSA) is 92.4 Å². The zero-order valence-corrected chi connectivity index (χ0v) is 18.0. The third-order valence-electron chi connectivity index (χ3n) is 5.31. The molecule has 3 N–H and O–H groups in total. The lowest BCUT2D eigenvalue weighted by Gasteiger charge is -2.36. The number of hydrogen-bond acceptors (Lipinski definition) is 8. The quantitative estimate of drug-likeness (QED) is 0.578. The summed E-state index contributed by atoms with van der Waals surface area (Å²) in [6.45, 7) is 3.61. The lowest BCUT2D eigenvalue weighted by molar-refractivity contribution is -0.137. The van der Waals surface area contributed by atoms with Gasteiger partial charge in [0.1, 0.15) is 11.6 Å². The molecule has 0 saturated carbocycles. The number of nitrogens with two attached hydrogens (primary N) is 1. The molecule has 1 aliphatic heterocycles. The Morgan fingerprint density at radius 1 is 1.00 bits per heavy atom. The second-order valence-corrected chi connectivity index (χ2v) is 7.57. The van der Waals surface area contributed by atoms with Crippen LogP contribution in [0.25, 0.3) is 0 Å². The number of ether oxygens (including phenoxy) is 1. The molecule has 1 fully saturated rings. The van der Waals surface area contributed by atoms with Crippen molar-refractivity contribution >= 4 is 23.3 Å². The van der Waals surface area contributed by atoms with Gasteiger partial charge in [-0.05, 0) is 30.3 Å². The Bertz CT molecular complexity index is 1100. The largest absolute Gasteiger partial charge is 0.495 e. The summed E-state index contributed by atoms with van der Waals surface area (Å²) in [5, 5.41) is 2.79.